The molecule has 0 saturated carbocycles. The van der Waals surface area contributed by atoms with Gasteiger partial charge in [0.2, 0.25) is 0 Å². The SMILES string of the molecule is c1cncc(-c2ccc3c(c2)CCN(Cc2ccc4scnc4c2)CC3)c1. The van der Waals surface area contributed by atoms with Gasteiger partial charge in [-0.25, -0.2) is 4.98 Å². The molecule has 0 N–H and O–H groups in total. The molecule has 2 aromatic heterocycles. The Labute approximate surface area is 163 Å². The van der Waals surface area contributed by atoms with Crippen molar-refractivity contribution in [1.29, 1.82) is 0 Å². The highest BCUT2D eigenvalue weighted by atomic mass is 32.1. The number of pyridine rings is 1. The second-order valence-corrected chi connectivity index (χ2v) is 8.04. The fraction of sp³-hybridized carbons (Fsp3) is 0.217. The predicted octanol–water partition coefficient (Wildman–Crippen LogP) is 4.96. The Hall–Kier alpha value is -2.56. The molecule has 1 aliphatic rings. The van der Waals surface area contributed by atoms with Crippen molar-refractivity contribution in [3.05, 3.63) is 83.1 Å². The van der Waals surface area contributed by atoms with E-state index in [0.29, 0.717) is 0 Å². The van der Waals surface area contributed by atoms with Crippen molar-refractivity contribution in [3.63, 3.8) is 0 Å². The van der Waals surface area contributed by atoms with Gasteiger partial charge in [0.25, 0.3) is 0 Å². The molecule has 0 spiro atoms. The van der Waals surface area contributed by atoms with Crippen LogP contribution in [0.1, 0.15) is 16.7 Å². The van der Waals surface area contributed by atoms with Crippen molar-refractivity contribution in [2.45, 2.75) is 19.4 Å². The molecule has 4 heteroatoms. The van der Waals surface area contributed by atoms with Crippen molar-refractivity contribution < 1.29 is 0 Å². The Balaban J connectivity index is 1.33. The summed E-state index contributed by atoms with van der Waals surface area (Å²) in [6.07, 6.45) is 5.98. The highest BCUT2D eigenvalue weighted by molar-refractivity contribution is 7.16. The van der Waals surface area contributed by atoms with Crippen molar-refractivity contribution in [3.8, 4) is 11.1 Å². The van der Waals surface area contributed by atoms with E-state index < -0.39 is 0 Å². The van der Waals surface area contributed by atoms with Crippen LogP contribution in [0.2, 0.25) is 0 Å². The number of hydrogen-bond donors (Lipinski definition) is 0. The van der Waals surface area contributed by atoms with Crippen molar-refractivity contribution in [1.82, 2.24) is 14.9 Å². The van der Waals surface area contributed by atoms with Gasteiger partial charge in [0.1, 0.15) is 0 Å². The largest absolute Gasteiger partial charge is 0.298 e. The van der Waals surface area contributed by atoms with Crippen LogP contribution in [0.25, 0.3) is 21.3 Å². The molecule has 0 amide bonds. The molecule has 5 rings (SSSR count). The smallest absolute Gasteiger partial charge is 0.0815 e. The standard InChI is InChI=1S/C23H21N3S/c1-2-21(14-24-9-1)19-5-4-18-7-10-26(11-8-20(18)13-19)15-17-3-6-23-22(12-17)25-16-27-23/h1-6,9,12-14,16H,7-8,10-11,15H2. The molecule has 3 heterocycles. The first-order valence-electron chi connectivity index (χ1n) is 9.42. The molecule has 4 aromatic rings. The summed E-state index contributed by atoms with van der Waals surface area (Å²) < 4.78 is 1.27. The number of aromatic nitrogens is 2. The lowest BCUT2D eigenvalue weighted by atomic mass is 9.97. The van der Waals surface area contributed by atoms with E-state index in [2.05, 4.69) is 57.3 Å². The molecule has 134 valence electrons. The molecular weight excluding hydrogens is 350 g/mol. The Morgan fingerprint density at radius 1 is 0.926 bits per heavy atom. The topological polar surface area (TPSA) is 29.0 Å². The molecule has 0 bridgehead atoms. The summed E-state index contributed by atoms with van der Waals surface area (Å²) in [5.74, 6) is 0. The van der Waals surface area contributed by atoms with E-state index >= 15 is 0 Å². The van der Waals surface area contributed by atoms with E-state index in [9.17, 15) is 0 Å². The summed E-state index contributed by atoms with van der Waals surface area (Å²) >= 11 is 1.71. The molecule has 0 aliphatic carbocycles. The highest BCUT2D eigenvalue weighted by Crippen LogP contribution is 2.25. The van der Waals surface area contributed by atoms with Gasteiger partial charge in [-0.1, -0.05) is 30.3 Å². The number of thiazole rings is 1. The monoisotopic (exact) mass is 371 g/mol. The molecule has 0 fully saturated rings. The van der Waals surface area contributed by atoms with Gasteiger partial charge in [-0.05, 0) is 58.9 Å². The summed E-state index contributed by atoms with van der Waals surface area (Å²) in [4.78, 5) is 11.3. The van der Waals surface area contributed by atoms with Crippen LogP contribution in [0.15, 0.2) is 66.4 Å². The maximum absolute atomic E-state index is 4.46. The summed E-state index contributed by atoms with van der Waals surface area (Å²) in [6, 6.07) is 17.7. The maximum atomic E-state index is 4.46. The van der Waals surface area contributed by atoms with Gasteiger partial charge in [0.15, 0.2) is 0 Å². The molecule has 0 saturated heterocycles. The molecule has 0 atom stereocenters. The third-order valence-corrected chi connectivity index (χ3v) is 6.21. The van der Waals surface area contributed by atoms with Crippen molar-refractivity contribution in [2.75, 3.05) is 13.1 Å². The van der Waals surface area contributed by atoms with Gasteiger partial charge in [-0.2, -0.15) is 0 Å². The van der Waals surface area contributed by atoms with Crippen LogP contribution in [0, 0.1) is 0 Å². The van der Waals surface area contributed by atoms with E-state index in [1.165, 1.54) is 32.5 Å². The van der Waals surface area contributed by atoms with E-state index in [0.717, 1.165) is 38.0 Å². The minimum atomic E-state index is 0.997. The normalized spacial score (nSPS) is 14.8. The Bertz CT molecular complexity index is 1070. The molecule has 2 aromatic carbocycles. The zero-order valence-electron chi connectivity index (χ0n) is 15.1. The van der Waals surface area contributed by atoms with Gasteiger partial charge >= 0.3 is 0 Å². The average molecular weight is 372 g/mol. The third-order valence-electron chi connectivity index (χ3n) is 5.40. The minimum absolute atomic E-state index is 0.997. The zero-order valence-corrected chi connectivity index (χ0v) is 16.0. The Morgan fingerprint density at radius 2 is 1.85 bits per heavy atom. The molecule has 27 heavy (non-hydrogen) atoms. The fourth-order valence-corrected chi connectivity index (χ4v) is 4.56. The molecular formula is C23H21N3S. The first kappa shape index (κ1) is 16.6. The lowest BCUT2D eigenvalue weighted by molar-refractivity contribution is 0.279. The Morgan fingerprint density at radius 3 is 2.74 bits per heavy atom. The van der Waals surface area contributed by atoms with E-state index in [4.69, 9.17) is 0 Å². The van der Waals surface area contributed by atoms with Gasteiger partial charge in [-0.3, -0.25) is 9.88 Å². The predicted molar refractivity (Wildman–Crippen MR) is 112 cm³/mol. The van der Waals surface area contributed by atoms with Gasteiger partial charge < -0.3 is 0 Å². The number of rotatable bonds is 3. The molecule has 0 radical (unpaired) electrons. The Kier molecular flexibility index (Phi) is 4.44. The second kappa shape index (κ2) is 7.22. The van der Waals surface area contributed by atoms with Crippen LogP contribution >= 0.6 is 11.3 Å². The number of benzene rings is 2. The highest BCUT2D eigenvalue weighted by Gasteiger charge is 2.15. The third kappa shape index (κ3) is 3.51. The van der Waals surface area contributed by atoms with E-state index in [1.807, 2.05) is 24.0 Å². The minimum Gasteiger partial charge on any atom is -0.298 e. The zero-order chi connectivity index (χ0) is 18.1. The van der Waals surface area contributed by atoms with Crippen LogP contribution in [-0.4, -0.2) is 28.0 Å². The van der Waals surface area contributed by atoms with Crippen molar-refractivity contribution in [2.24, 2.45) is 0 Å². The summed E-state index contributed by atoms with van der Waals surface area (Å²) in [5.41, 5.74) is 9.83. The first-order valence-corrected chi connectivity index (χ1v) is 10.3. The van der Waals surface area contributed by atoms with E-state index in [1.54, 1.807) is 11.3 Å². The van der Waals surface area contributed by atoms with Gasteiger partial charge in [0.05, 0.1) is 15.7 Å². The molecule has 1 aliphatic heterocycles. The van der Waals surface area contributed by atoms with Gasteiger partial charge in [-0.15, -0.1) is 11.3 Å². The maximum Gasteiger partial charge on any atom is 0.0815 e. The summed E-state index contributed by atoms with van der Waals surface area (Å²) in [6.45, 7) is 3.20. The number of hydrogen-bond acceptors (Lipinski definition) is 4. The van der Waals surface area contributed by atoms with Crippen LogP contribution < -0.4 is 0 Å². The molecule has 0 unspecified atom stereocenters. The summed E-state index contributed by atoms with van der Waals surface area (Å²) in [5, 5.41) is 0. The number of fused-ring (bicyclic) bond motifs is 2. The van der Waals surface area contributed by atoms with Crippen LogP contribution in [-0.2, 0) is 19.4 Å². The van der Waals surface area contributed by atoms with Crippen molar-refractivity contribution >= 4 is 21.6 Å². The average Bonchev–Trinajstić information content (AvgIpc) is 3.09. The lowest BCUT2D eigenvalue weighted by Gasteiger charge is -2.19. The first-order chi connectivity index (χ1) is 13.3. The number of nitrogens with zero attached hydrogens (tertiary/aromatic N) is 3. The fourth-order valence-electron chi connectivity index (χ4n) is 3.90. The van der Waals surface area contributed by atoms with Crippen LogP contribution in [0.3, 0.4) is 0 Å². The quantitative estimate of drug-likeness (QED) is 0.510. The summed E-state index contributed by atoms with van der Waals surface area (Å²) in [7, 11) is 0. The van der Waals surface area contributed by atoms with Crippen LogP contribution in [0.5, 0.6) is 0 Å². The van der Waals surface area contributed by atoms with Crippen LogP contribution in [0.4, 0.5) is 0 Å². The second-order valence-electron chi connectivity index (χ2n) is 7.16. The van der Waals surface area contributed by atoms with E-state index in [-0.39, 0.29) is 0 Å². The lowest BCUT2D eigenvalue weighted by Crippen LogP contribution is -2.25. The molecule has 3 nitrogen and oxygen atoms in total. The van der Waals surface area contributed by atoms with Gasteiger partial charge in [0, 0.05) is 32.0 Å².